The number of benzene rings is 1. The van der Waals surface area contributed by atoms with Crippen molar-refractivity contribution in [1.82, 2.24) is 5.32 Å². The van der Waals surface area contributed by atoms with Crippen LogP contribution in [0.5, 0.6) is 0 Å². The molecule has 0 unspecified atom stereocenters. The molecule has 2 N–H and O–H groups in total. The van der Waals surface area contributed by atoms with Gasteiger partial charge < -0.3 is 15.4 Å². The first-order chi connectivity index (χ1) is 11.0. The number of rotatable bonds is 4. The van der Waals surface area contributed by atoms with Gasteiger partial charge in [0.15, 0.2) is 0 Å². The number of nitrogens with one attached hydrogen (secondary N) is 2. The minimum absolute atomic E-state index is 0.0850. The summed E-state index contributed by atoms with van der Waals surface area (Å²) in [6, 6.07) is 6.56. The normalized spacial score (nSPS) is 23.0. The fourth-order valence-electron chi connectivity index (χ4n) is 2.86. The molecule has 23 heavy (non-hydrogen) atoms. The SMILES string of the molecule is O=C(NC[C@@H]1CCCO1)Nc1cccc(N2CCCS2(=O)=O)c1. The van der Waals surface area contributed by atoms with Gasteiger partial charge in [0.05, 0.1) is 17.5 Å². The minimum atomic E-state index is -3.22. The summed E-state index contributed by atoms with van der Waals surface area (Å²) in [5.74, 6) is 0.173. The van der Waals surface area contributed by atoms with E-state index in [-0.39, 0.29) is 17.9 Å². The molecule has 7 nitrogen and oxygen atoms in total. The van der Waals surface area contributed by atoms with E-state index in [1.807, 2.05) is 0 Å². The molecule has 2 aliphatic rings. The van der Waals surface area contributed by atoms with Crippen LogP contribution in [-0.4, -0.2) is 46.0 Å². The minimum Gasteiger partial charge on any atom is -0.376 e. The van der Waals surface area contributed by atoms with Gasteiger partial charge in [0.2, 0.25) is 10.0 Å². The Morgan fingerprint density at radius 3 is 2.91 bits per heavy atom. The second kappa shape index (κ2) is 6.76. The van der Waals surface area contributed by atoms with Crippen molar-refractivity contribution in [3.63, 3.8) is 0 Å². The fourth-order valence-corrected chi connectivity index (χ4v) is 4.41. The number of carbonyl (C=O) groups excluding carboxylic acids is 1. The van der Waals surface area contributed by atoms with Crippen LogP contribution in [0.3, 0.4) is 0 Å². The summed E-state index contributed by atoms with van der Waals surface area (Å²) in [5.41, 5.74) is 1.15. The molecule has 2 fully saturated rings. The predicted molar refractivity (Wildman–Crippen MR) is 88.2 cm³/mol. The average Bonchev–Trinajstić information content (AvgIpc) is 3.14. The van der Waals surface area contributed by atoms with Crippen molar-refractivity contribution >= 4 is 27.4 Å². The molecule has 1 aromatic carbocycles. The highest BCUT2D eigenvalue weighted by Gasteiger charge is 2.28. The Kier molecular flexibility index (Phi) is 4.72. The highest BCUT2D eigenvalue weighted by Crippen LogP contribution is 2.26. The van der Waals surface area contributed by atoms with E-state index in [1.165, 1.54) is 4.31 Å². The largest absolute Gasteiger partial charge is 0.376 e. The lowest BCUT2D eigenvalue weighted by atomic mass is 10.2. The predicted octanol–water partition coefficient (Wildman–Crippen LogP) is 1.53. The summed E-state index contributed by atoms with van der Waals surface area (Å²) in [6.45, 7) is 1.71. The quantitative estimate of drug-likeness (QED) is 0.871. The zero-order valence-corrected chi connectivity index (χ0v) is 13.6. The van der Waals surface area contributed by atoms with Gasteiger partial charge in [-0.1, -0.05) is 6.07 Å². The zero-order valence-electron chi connectivity index (χ0n) is 12.8. The van der Waals surface area contributed by atoms with Crippen molar-refractivity contribution in [2.75, 3.05) is 35.1 Å². The van der Waals surface area contributed by atoms with Crippen LogP contribution in [0.2, 0.25) is 0 Å². The van der Waals surface area contributed by atoms with Gasteiger partial charge >= 0.3 is 6.03 Å². The molecule has 0 bridgehead atoms. The molecule has 8 heteroatoms. The Morgan fingerprint density at radius 2 is 2.22 bits per heavy atom. The first-order valence-electron chi connectivity index (χ1n) is 7.81. The van der Waals surface area contributed by atoms with Gasteiger partial charge in [0.1, 0.15) is 0 Å². The van der Waals surface area contributed by atoms with Crippen molar-refractivity contribution in [2.24, 2.45) is 0 Å². The molecule has 2 amide bonds. The van der Waals surface area contributed by atoms with Gasteiger partial charge in [-0.15, -0.1) is 0 Å². The third-order valence-electron chi connectivity index (χ3n) is 4.01. The maximum absolute atomic E-state index is 12.0. The molecule has 0 aliphatic carbocycles. The lowest BCUT2D eigenvalue weighted by Gasteiger charge is -2.18. The number of anilines is 2. The number of carbonyl (C=O) groups is 1. The number of ether oxygens (including phenoxy) is 1. The van der Waals surface area contributed by atoms with Crippen LogP contribution in [0.4, 0.5) is 16.2 Å². The summed E-state index contributed by atoms with van der Waals surface area (Å²) in [6.07, 6.45) is 2.70. The molecule has 0 radical (unpaired) electrons. The average molecular weight is 339 g/mol. The number of nitrogens with zero attached hydrogens (tertiary/aromatic N) is 1. The topological polar surface area (TPSA) is 87.7 Å². The van der Waals surface area contributed by atoms with E-state index in [1.54, 1.807) is 24.3 Å². The summed E-state index contributed by atoms with van der Waals surface area (Å²) >= 11 is 0. The summed E-state index contributed by atoms with van der Waals surface area (Å²) in [7, 11) is -3.22. The summed E-state index contributed by atoms with van der Waals surface area (Å²) < 4.78 is 30.8. The molecule has 0 saturated carbocycles. The summed E-state index contributed by atoms with van der Waals surface area (Å²) in [5, 5.41) is 5.50. The van der Waals surface area contributed by atoms with Crippen LogP contribution in [0.25, 0.3) is 0 Å². The van der Waals surface area contributed by atoms with Gasteiger partial charge in [0, 0.05) is 25.4 Å². The molecule has 2 aliphatic heterocycles. The molecule has 3 rings (SSSR count). The molecule has 126 valence electrons. The smallest absolute Gasteiger partial charge is 0.319 e. The zero-order chi connectivity index (χ0) is 16.3. The first-order valence-corrected chi connectivity index (χ1v) is 9.42. The molecule has 0 aromatic heterocycles. The first kappa shape index (κ1) is 16.1. The lowest BCUT2D eigenvalue weighted by Crippen LogP contribution is -2.35. The third-order valence-corrected chi connectivity index (χ3v) is 5.88. The lowest BCUT2D eigenvalue weighted by molar-refractivity contribution is 0.112. The highest BCUT2D eigenvalue weighted by atomic mass is 32.2. The van der Waals surface area contributed by atoms with E-state index in [0.717, 1.165) is 19.4 Å². The van der Waals surface area contributed by atoms with Gasteiger partial charge in [-0.3, -0.25) is 4.31 Å². The van der Waals surface area contributed by atoms with Crippen molar-refractivity contribution in [2.45, 2.75) is 25.4 Å². The van der Waals surface area contributed by atoms with Crippen molar-refractivity contribution < 1.29 is 17.9 Å². The van der Waals surface area contributed by atoms with Crippen molar-refractivity contribution in [3.8, 4) is 0 Å². The Morgan fingerprint density at radius 1 is 1.35 bits per heavy atom. The second-order valence-corrected chi connectivity index (χ2v) is 7.77. The number of hydrogen-bond acceptors (Lipinski definition) is 4. The number of urea groups is 1. The van der Waals surface area contributed by atoms with E-state index in [9.17, 15) is 13.2 Å². The van der Waals surface area contributed by atoms with Crippen LogP contribution < -0.4 is 14.9 Å². The van der Waals surface area contributed by atoms with Gasteiger partial charge in [0.25, 0.3) is 0 Å². The second-order valence-electron chi connectivity index (χ2n) is 5.76. The molecular formula is C15H21N3O4S. The molecule has 0 spiro atoms. The number of hydrogen-bond donors (Lipinski definition) is 2. The molecule has 1 aromatic rings. The van der Waals surface area contributed by atoms with Crippen LogP contribution >= 0.6 is 0 Å². The van der Waals surface area contributed by atoms with E-state index in [4.69, 9.17) is 4.74 Å². The van der Waals surface area contributed by atoms with Crippen molar-refractivity contribution in [1.29, 1.82) is 0 Å². The van der Waals surface area contributed by atoms with Gasteiger partial charge in [-0.25, -0.2) is 13.2 Å². The van der Waals surface area contributed by atoms with Gasteiger partial charge in [-0.05, 0) is 37.5 Å². The maximum atomic E-state index is 12.0. The molecular weight excluding hydrogens is 318 g/mol. The maximum Gasteiger partial charge on any atom is 0.319 e. The number of sulfonamides is 1. The Balaban J connectivity index is 1.60. The Labute approximate surface area is 136 Å². The number of amides is 2. The summed E-state index contributed by atoms with van der Waals surface area (Å²) in [4.78, 5) is 11.9. The van der Waals surface area contributed by atoms with Crippen LogP contribution in [-0.2, 0) is 14.8 Å². The highest BCUT2D eigenvalue weighted by molar-refractivity contribution is 7.93. The van der Waals surface area contributed by atoms with E-state index < -0.39 is 10.0 Å². The third kappa shape index (κ3) is 3.94. The monoisotopic (exact) mass is 339 g/mol. The van der Waals surface area contributed by atoms with Crippen LogP contribution in [0, 0.1) is 0 Å². The van der Waals surface area contributed by atoms with Gasteiger partial charge in [-0.2, -0.15) is 0 Å². The molecule has 2 saturated heterocycles. The van der Waals surface area contributed by atoms with Crippen LogP contribution in [0.15, 0.2) is 24.3 Å². The van der Waals surface area contributed by atoms with E-state index in [0.29, 0.717) is 30.9 Å². The van der Waals surface area contributed by atoms with Crippen molar-refractivity contribution in [3.05, 3.63) is 24.3 Å². The van der Waals surface area contributed by atoms with E-state index in [2.05, 4.69) is 10.6 Å². The Hall–Kier alpha value is -1.80. The molecule has 2 heterocycles. The van der Waals surface area contributed by atoms with E-state index >= 15 is 0 Å². The van der Waals surface area contributed by atoms with Crippen LogP contribution in [0.1, 0.15) is 19.3 Å². The Bertz CT molecular complexity index is 671. The molecule has 1 atom stereocenters. The standard InChI is InChI=1S/C15H21N3O4S/c19-15(16-11-14-6-2-8-22-14)17-12-4-1-5-13(10-12)18-7-3-9-23(18,20)21/h1,4-5,10,14H,2-3,6-9,11H2,(H2,16,17,19)/t14-/m0/s1. The fraction of sp³-hybridized carbons (Fsp3) is 0.533.